The number of carbonyl (C=O) groups excluding carboxylic acids is 2. The van der Waals surface area contributed by atoms with Crippen LogP contribution in [0.1, 0.15) is 42.7 Å². The molecule has 3 amide bonds. The van der Waals surface area contributed by atoms with Crippen LogP contribution in [0.15, 0.2) is 48.3 Å². The minimum Gasteiger partial charge on any atom is -0.378 e. The Morgan fingerprint density at radius 2 is 2.11 bits per heavy atom. The Balaban J connectivity index is 1.66. The van der Waals surface area contributed by atoms with Crippen molar-refractivity contribution in [2.75, 3.05) is 11.9 Å². The van der Waals surface area contributed by atoms with E-state index < -0.39 is 17.7 Å². The van der Waals surface area contributed by atoms with Crippen molar-refractivity contribution in [3.05, 3.63) is 70.7 Å². The number of anilines is 1. The lowest BCUT2D eigenvalue weighted by atomic mass is 10.0. The fourth-order valence-corrected chi connectivity index (χ4v) is 3.64. The second-order valence-electron chi connectivity index (χ2n) is 9.11. The first-order chi connectivity index (χ1) is 16.6. The number of pyridine rings is 1. The number of nitrogens with zero attached hydrogens (tertiary/aromatic N) is 2. The van der Waals surface area contributed by atoms with Crippen molar-refractivity contribution in [3.8, 4) is 11.8 Å². The highest BCUT2D eigenvalue weighted by Crippen LogP contribution is 2.27. The summed E-state index contributed by atoms with van der Waals surface area (Å²) in [6.45, 7) is 5.12. The van der Waals surface area contributed by atoms with Crippen LogP contribution in [0.2, 0.25) is 0 Å². The minimum atomic E-state index is -1.11. The van der Waals surface area contributed by atoms with Gasteiger partial charge in [-0.1, -0.05) is 24.0 Å². The Bertz CT molecular complexity index is 1200. The van der Waals surface area contributed by atoms with Gasteiger partial charge >= 0.3 is 6.03 Å². The van der Waals surface area contributed by atoms with Crippen molar-refractivity contribution in [1.82, 2.24) is 15.6 Å². The van der Waals surface area contributed by atoms with Crippen LogP contribution in [0, 0.1) is 24.2 Å². The third-order valence-corrected chi connectivity index (χ3v) is 5.55. The average molecular weight is 474 g/mol. The molecule has 0 saturated heterocycles. The van der Waals surface area contributed by atoms with E-state index in [4.69, 9.17) is 5.41 Å². The number of rotatable bonds is 5. The molecule has 1 aliphatic heterocycles. The standard InChI is InChI=1S/C27H31N5O3/c1-18-5-6-20(16-29-18)13-21(15-28)17-30-26(34)31-23-10-9-22-8-7-19(11-12-27(2,3)35)14-24(22)32(4)25(23)33/h5-8,14-17,23,28,35H,9-10,13H2,1-4H3,(H2,30,31,34)/b21-17-,28-15?/t23-/m0/s1. The summed E-state index contributed by atoms with van der Waals surface area (Å²) >= 11 is 0. The van der Waals surface area contributed by atoms with E-state index in [1.807, 2.05) is 37.3 Å². The number of aliphatic hydroxyl groups is 1. The third kappa shape index (κ3) is 7.26. The van der Waals surface area contributed by atoms with Crippen LogP contribution in [0.25, 0.3) is 0 Å². The lowest BCUT2D eigenvalue weighted by molar-refractivity contribution is -0.120. The number of aryl methyl sites for hydroxylation is 2. The molecule has 35 heavy (non-hydrogen) atoms. The van der Waals surface area contributed by atoms with Gasteiger partial charge in [0.05, 0.1) is 0 Å². The van der Waals surface area contributed by atoms with Crippen LogP contribution in [-0.4, -0.2) is 46.9 Å². The fraction of sp³-hybridized carbons (Fsp3) is 0.333. The Morgan fingerprint density at radius 3 is 2.77 bits per heavy atom. The van der Waals surface area contributed by atoms with E-state index >= 15 is 0 Å². The summed E-state index contributed by atoms with van der Waals surface area (Å²) in [5.41, 5.74) is 3.74. The van der Waals surface area contributed by atoms with Crippen molar-refractivity contribution >= 4 is 23.8 Å². The number of likely N-dealkylation sites (N-methyl/N-ethyl adjacent to an activating group) is 1. The third-order valence-electron chi connectivity index (χ3n) is 5.55. The van der Waals surface area contributed by atoms with Crippen LogP contribution in [0.3, 0.4) is 0 Å². The highest BCUT2D eigenvalue weighted by molar-refractivity contribution is 6.00. The van der Waals surface area contributed by atoms with Crippen LogP contribution in [0.4, 0.5) is 10.5 Å². The number of fused-ring (bicyclic) bond motifs is 1. The van der Waals surface area contributed by atoms with Crippen molar-refractivity contribution in [1.29, 1.82) is 5.41 Å². The second kappa shape index (κ2) is 11.0. The molecule has 1 aromatic heterocycles. The summed E-state index contributed by atoms with van der Waals surface area (Å²) < 4.78 is 0. The lowest BCUT2D eigenvalue weighted by Crippen LogP contribution is -2.49. The first-order valence-electron chi connectivity index (χ1n) is 11.4. The van der Waals surface area contributed by atoms with Gasteiger partial charge in [-0.05, 0) is 68.5 Å². The first kappa shape index (κ1) is 25.7. The topological polar surface area (TPSA) is 118 Å². The summed E-state index contributed by atoms with van der Waals surface area (Å²) in [5.74, 6) is 5.49. The molecule has 1 aromatic carbocycles. The maximum Gasteiger partial charge on any atom is 0.319 e. The molecule has 8 nitrogen and oxygen atoms in total. The molecule has 0 bridgehead atoms. The van der Waals surface area contributed by atoms with Gasteiger partial charge in [0.1, 0.15) is 11.6 Å². The summed E-state index contributed by atoms with van der Waals surface area (Å²) in [6.07, 6.45) is 5.91. The molecule has 8 heteroatoms. The Labute approximate surface area is 206 Å². The van der Waals surface area contributed by atoms with E-state index in [0.717, 1.165) is 22.5 Å². The van der Waals surface area contributed by atoms with Gasteiger partial charge in [0.2, 0.25) is 5.91 Å². The number of carbonyl (C=O) groups is 2. The number of urea groups is 1. The van der Waals surface area contributed by atoms with Crippen molar-refractivity contribution in [3.63, 3.8) is 0 Å². The molecule has 1 atom stereocenters. The fourth-order valence-electron chi connectivity index (χ4n) is 3.64. The highest BCUT2D eigenvalue weighted by Gasteiger charge is 2.29. The van der Waals surface area contributed by atoms with E-state index in [-0.39, 0.29) is 5.91 Å². The first-order valence-corrected chi connectivity index (χ1v) is 11.4. The van der Waals surface area contributed by atoms with Crippen LogP contribution >= 0.6 is 0 Å². The van der Waals surface area contributed by atoms with Gasteiger partial charge < -0.3 is 26.0 Å². The normalized spacial score (nSPS) is 15.9. The molecule has 3 rings (SSSR count). The monoisotopic (exact) mass is 473 g/mol. The number of aromatic nitrogens is 1. The van der Waals surface area contributed by atoms with Gasteiger partial charge in [-0.3, -0.25) is 9.78 Å². The van der Waals surface area contributed by atoms with Crippen LogP contribution in [0.5, 0.6) is 0 Å². The van der Waals surface area contributed by atoms with Gasteiger partial charge in [-0.2, -0.15) is 0 Å². The van der Waals surface area contributed by atoms with E-state index in [9.17, 15) is 14.7 Å². The summed E-state index contributed by atoms with van der Waals surface area (Å²) in [7, 11) is 1.68. The maximum absolute atomic E-state index is 13.1. The zero-order valence-corrected chi connectivity index (χ0v) is 20.5. The quantitative estimate of drug-likeness (QED) is 0.394. The molecule has 0 radical (unpaired) electrons. The van der Waals surface area contributed by atoms with Crippen molar-refractivity contribution in [2.24, 2.45) is 0 Å². The zero-order chi connectivity index (χ0) is 25.6. The summed E-state index contributed by atoms with van der Waals surface area (Å²) in [4.78, 5) is 31.4. The minimum absolute atomic E-state index is 0.228. The largest absolute Gasteiger partial charge is 0.378 e. The molecule has 0 saturated carbocycles. The Kier molecular flexibility index (Phi) is 8.05. The Hall–Kier alpha value is -3.96. The van der Waals surface area contributed by atoms with Crippen molar-refractivity contribution < 1.29 is 14.7 Å². The molecular weight excluding hydrogens is 442 g/mol. The van der Waals surface area contributed by atoms with Crippen molar-refractivity contribution in [2.45, 2.75) is 51.7 Å². The smallest absolute Gasteiger partial charge is 0.319 e. The second-order valence-corrected chi connectivity index (χ2v) is 9.11. The molecular formula is C27H31N5O3. The number of benzene rings is 1. The average Bonchev–Trinajstić information content (AvgIpc) is 2.93. The molecule has 0 unspecified atom stereocenters. The van der Waals surface area contributed by atoms with E-state index in [1.165, 1.54) is 17.3 Å². The van der Waals surface area contributed by atoms with Crippen LogP contribution < -0.4 is 15.5 Å². The number of hydrogen-bond donors (Lipinski definition) is 4. The van der Waals surface area contributed by atoms with Gasteiger partial charge in [0, 0.05) is 49.0 Å². The molecule has 1 aliphatic rings. The molecule has 0 fully saturated rings. The summed E-state index contributed by atoms with van der Waals surface area (Å²) in [6, 6.07) is 8.23. The number of nitrogens with one attached hydrogen (secondary N) is 3. The van der Waals surface area contributed by atoms with Crippen LogP contribution in [-0.2, 0) is 17.6 Å². The van der Waals surface area contributed by atoms with Gasteiger partial charge in [-0.25, -0.2) is 4.79 Å². The zero-order valence-electron chi connectivity index (χ0n) is 20.5. The number of allylic oxidation sites excluding steroid dienone is 1. The van der Waals surface area contributed by atoms with Gasteiger partial charge in [-0.15, -0.1) is 0 Å². The molecule has 2 heterocycles. The predicted octanol–water partition coefficient (Wildman–Crippen LogP) is 2.87. The van der Waals surface area contributed by atoms with E-state index in [1.54, 1.807) is 27.1 Å². The lowest BCUT2D eigenvalue weighted by Gasteiger charge is -2.22. The highest BCUT2D eigenvalue weighted by atomic mass is 16.3. The maximum atomic E-state index is 13.1. The van der Waals surface area contributed by atoms with Gasteiger partial charge in [0.15, 0.2) is 0 Å². The SMILES string of the molecule is Cc1ccc(C/C(C=N)=C/NC(=O)N[C@H]2CCc3ccc(C#CC(C)(C)O)cc3N(C)C2=O)cn1. The van der Waals surface area contributed by atoms with E-state index in [0.29, 0.717) is 30.4 Å². The predicted molar refractivity (Wildman–Crippen MR) is 136 cm³/mol. The molecule has 0 spiro atoms. The molecule has 182 valence electrons. The number of amides is 3. The summed E-state index contributed by atoms with van der Waals surface area (Å²) in [5, 5.41) is 22.9. The molecule has 0 aliphatic carbocycles. The number of hydrogen-bond acceptors (Lipinski definition) is 5. The molecule has 4 N–H and O–H groups in total. The molecule has 2 aromatic rings. The van der Waals surface area contributed by atoms with E-state index in [2.05, 4.69) is 27.5 Å². The Morgan fingerprint density at radius 1 is 1.34 bits per heavy atom. The van der Waals surface area contributed by atoms with Gasteiger partial charge in [0.25, 0.3) is 0 Å².